The van der Waals surface area contributed by atoms with Crippen molar-refractivity contribution >= 4 is 11.9 Å². The minimum Gasteiger partial charge on any atom is -0.480 e. The smallest absolute Gasteiger partial charge is 0.329 e. The van der Waals surface area contributed by atoms with Gasteiger partial charge in [0.25, 0.3) is 0 Å². The standard InChI is InChI=1S/C31H44N2O4/c1-25-9-13-27(14-10-25)21-31(22-28-15-11-26(2)12-16-28)17-5-8-20-33(31)19-7-4-3-6-18-32-29(34)23-37-24-30(35)36/h9-16H,3-8,17-24H2,1-2H3,(H,32,34)(H,35,36). The Kier molecular flexibility index (Phi) is 11.6. The number of likely N-dealkylation sites (tertiary alicyclic amines) is 1. The van der Waals surface area contributed by atoms with E-state index in [0.717, 1.165) is 51.6 Å². The number of piperidine rings is 1. The maximum absolute atomic E-state index is 11.7. The monoisotopic (exact) mass is 508 g/mol. The van der Waals surface area contributed by atoms with Gasteiger partial charge in [-0.3, -0.25) is 9.69 Å². The number of unbranched alkanes of at least 4 members (excludes halogenated alkanes) is 3. The highest BCUT2D eigenvalue weighted by atomic mass is 16.5. The number of rotatable bonds is 15. The van der Waals surface area contributed by atoms with E-state index >= 15 is 0 Å². The van der Waals surface area contributed by atoms with Gasteiger partial charge in [0.05, 0.1) is 0 Å². The molecule has 0 unspecified atom stereocenters. The lowest BCUT2D eigenvalue weighted by Gasteiger charge is -2.48. The zero-order valence-corrected chi connectivity index (χ0v) is 22.6. The van der Waals surface area contributed by atoms with Gasteiger partial charge in [0, 0.05) is 12.1 Å². The lowest BCUT2D eigenvalue weighted by Crippen LogP contribution is -2.55. The van der Waals surface area contributed by atoms with E-state index in [1.54, 1.807) is 0 Å². The van der Waals surface area contributed by atoms with Gasteiger partial charge in [0.2, 0.25) is 5.91 Å². The summed E-state index contributed by atoms with van der Waals surface area (Å²) in [6, 6.07) is 18.2. The molecule has 1 aliphatic heterocycles. The van der Waals surface area contributed by atoms with Crippen LogP contribution >= 0.6 is 0 Å². The van der Waals surface area contributed by atoms with E-state index in [0.29, 0.717) is 6.54 Å². The Morgan fingerprint density at radius 2 is 1.46 bits per heavy atom. The number of hydrogen-bond donors (Lipinski definition) is 2. The van der Waals surface area contributed by atoms with Gasteiger partial charge in [-0.2, -0.15) is 0 Å². The summed E-state index contributed by atoms with van der Waals surface area (Å²) in [5.74, 6) is -1.32. The predicted molar refractivity (Wildman–Crippen MR) is 148 cm³/mol. The Bertz CT molecular complexity index is 924. The van der Waals surface area contributed by atoms with Crippen molar-refractivity contribution in [2.75, 3.05) is 32.8 Å². The zero-order valence-electron chi connectivity index (χ0n) is 22.6. The molecule has 0 spiro atoms. The summed E-state index contributed by atoms with van der Waals surface area (Å²) >= 11 is 0. The van der Waals surface area contributed by atoms with E-state index < -0.39 is 12.6 Å². The molecule has 0 atom stereocenters. The van der Waals surface area contributed by atoms with Crippen molar-refractivity contribution in [2.24, 2.45) is 0 Å². The number of nitrogens with zero attached hydrogens (tertiary/aromatic N) is 1. The number of amides is 1. The molecule has 0 aromatic heterocycles. The molecule has 6 heteroatoms. The number of aryl methyl sites for hydroxylation is 2. The lowest BCUT2D eigenvalue weighted by molar-refractivity contribution is -0.143. The molecule has 0 radical (unpaired) electrons. The second-order valence-corrected chi connectivity index (χ2v) is 10.6. The third-order valence-corrected chi connectivity index (χ3v) is 7.43. The van der Waals surface area contributed by atoms with Crippen molar-refractivity contribution in [3.05, 3.63) is 70.8 Å². The minimum atomic E-state index is -1.07. The fourth-order valence-corrected chi connectivity index (χ4v) is 5.43. The summed E-state index contributed by atoms with van der Waals surface area (Å²) < 4.78 is 4.82. The molecule has 3 rings (SSSR count). The van der Waals surface area contributed by atoms with E-state index in [2.05, 4.69) is 72.6 Å². The number of hydrogen-bond acceptors (Lipinski definition) is 4. The first kappa shape index (κ1) is 28.9. The summed E-state index contributed by atoms with van der Waals surface area (Å²) in [6.45, 7) is 6.51. The topological polar surface area (TPSA) is 78.9 Å². The van der Waals surface area contributed by atoms with Crippen molar-refractivity contribution in [1.82, 2.24) is 10.2 Å². The van der Waals surface area contributed by atoms with Gasteiger partial charge in [-0.15, -0.1) is 0 Å². The van der Waals surface area contributed by atoms with Crippen LogP contribution in [0.15, 0.2) is 48.5 Å². The Hall–Kier alpha value is -2.70. The summed E-state index contributed by atoms with van der Waals surface area (Å²) in [5.41, 5.74) is 5.61. The molecule has 1 fully saturated rings. The number of carboxylic acid groups (broad SMARTS) is 1. The first-order chi connectivity index (χ1) is 17.9. The van der Waals surface area contributed by atoms with E-state index in [4.69, 9.17) is 9.84 Å². The van der Waals surface area contributed by atoms with E-state index in [9.17, 15) is 9.59 Å². The summed E-state index contributed by atoms with van der Waals surface area (Å²) in [5, 5.41) is 11.4. The van der Waals surface area contributed by atoms with Crippen molar-refractivity contribution < 1.29 is 19.4 Å². The molecule has 202 valence electrons. The number of carbonyl (C=O) groups is 2. The van der Waals surface area contributed by atoms with Crippen LogP contribution in [0.3, 0.4) is 0 Å². The van der Waals surface area contributed by atoms with Crippen LogP contribution in [-0.2, 0) is 27.2 Å². The number of carbonyl (C=O) groups excluding carboxylic acids is 1. The molecule has 1 heterocycles. The molecule has 1 aliphatic rings. The van der Waals surface area contributed by atoms with Crippen LogP contribution in [-0.4, -0.2) is 60.3 Å². The first-order valence-electron chi connectivity index (χ1n) is 13.8. The second-order valence-electron chi connectivity index (χ2n) is 10.6. The SMILES string of the molecule is Cc1ccc(CC2(Cc3ccc(C)cc3)CCCCN2CCCCCCNC(=O)COCC(=O)O)cc1. The number of benzene rings is 2. The molecular formula is C31H44N2O4. The number of ether oxygens (including phenoxy) is 1. The predicted octanol–water partition coefficient (Wildman–Crippen LogP) is 5.09. The van der Waals surface area contributed by atoms with Gasteiger partial charge in [0.1, 0.15) is 13.2 Å². The molecule has 1 amide bonds. The van der Waals surface area contributed by atoms with Crippen LogP contribution in [0.2, 0.25) is 0 Å². The maximum Gasteiger partial charge on any atom is 0.329 e. The minimum absolute atomic E-state index is 0.146. The van der Waals surface area contributed by atoms with Crippen molar-refractivity contribution in [3.63, 3.8) is 0 Å². The molecule has 0 aliphatic carbocycles. The van der Waals surface area contributed by atoms with Gasteiger partial charge in [-0.05, 0) is 76.6 Å². The average Bonchev–Trinajstić information content (AvgIpc) is 2.87. The van der Waals surface area contributed by atoms with Gasteiger partial charge in [-0.25, -0.2) is 4.79 Å². The van der Waals surface area contributed by atoms with Crippen LogP contribution in [0, 0.1) is 13.8 Å². The third kappa shape index (κ3) is 9.94. The summed E-state index contributed by atoms with van der Waals surface area (Å²) in [6.07, 6.45) is 10.2. The van der Waals surface area contributed by atoms with E-state index in [1.807, 2.05) is 0 Å². The van der Waals surface area contributed by atoms with Crippen LogP contribution in [0.1, 0.15) is 67.2 Å². The molecule has 2 aromatic carbocycles. The van der Waals surface area contributed by atoms with Gasteiger partial charge in [-0.1, -0.05) is 78.9 Å². The zero-order chi connectivity index (χ0) is 26.5. The van der Waals surface area contributed by atoms with Gasteiger partial charge < -0.3 is 15.2 Å². The summed E-state index contributed by atoms with van der Waals surface area (Å²) in [4.78, 5) is 24.9. The highest BCUT2D eigenvalue weighted by Crippen LogP contribution is 2.35. The fourth-order valence-electron chi connectivity index (χ4n) is 5.43. The number of nitrogens with one attached hydrogen (secondary N) is 1. The van der Waals surface area contributed by atoms with Crippen molar-refractivity contribution in [3.8, 4) is 0 Å². The Balaban J connectivity index is 1.52. The van der Waals surface area contributed by atoms with Gasteiger partial charge >= 0.3 is 5.97 Å². The Morgan fingerprint density at radius 3 is 2.05 bits per heavy atom. The molecular weight excluding hydrogens is 464 g/mol. The quantitative estimate of drug-likeness (QED) is 0.328. The number of aliphatic carboxylic acids is 1. The lowest BCUT2D eigenvalue weighted by atomic mass is 9.76. The van der Waals surface area contributed by atoms with Crippen LogP contribution in [0.5, 0.6) is 0 Å². The summed E-state index contributed by atoms with van der Waals surface area (Å²) in [7, 11) is 0. The highest BCUT2D eigenvalue weighted by molar-refractivity contribution is 5.77. The van der Waals surface area contributed by atoms with Crippen LogP contribution in [0.25, 0.3) is 0 Å². The molecule has 0 saturated carbocycles. The van der Waals surface area contributed by atoms with Crippen LogP contribution in [0.4, 0.5) is 0 Å². The Labute approximate surface area is 222 Å². The van der Waals surface area contributed by atoms with E-state index in [-0.39, 0.29) is 18.1 Å². The van der Waals surface area contributed by atoms with Crippen molar-refractivity contribution in [1.29, 1.82) is 0 Å². The number of carboxylic acids is 1. The van der Waals surface area contributed by atoms with Gasteiger partial charge in [0.15, 0.2) is 0 Å². The first-order valence-corrected chi connectivity index (χ1v) is 13.8. The largest absolute Gasteiger partial charge is 0.480 e. The highest BCUT2D eigenvalue weighted by Gasteiger charge is 2.38. The molecule has 0 bridgehead atoms. The average molecular weight is 509 g/mol. The molecule has 6 nitrogen and oxygen atoms in total. The van der Waals surface area contributed by atoms with Crippen LogP contribution < -0.4 is 5.32 Å². The second kappa shape index (κ2) is 14.9. The third-order valence-electron chi connectivity index (χ3n) is 7.43. The van der Waals surface area contributed by atoms with Crippen molar-refractivity contribution in [2.45, 2.75) is 77.2 Å². The molecule has 1 saturated heterocycles. The van der Waals surface area contributed by atoms with E-state index in [1.165, 1.54) is 41.5 Å². The molecule has 2 N–H and O–H groups in total. The molecule has 2 aromatic rings. The Morgan fingerprint density at radius 1 is 0.865 bits per heavy atom. The normalized spacial score (nSPS) is 15.4. The maximum atomic E-state index is 11.7. The fraction of sp³-hybridized carbons (Fsp3) is 0.548. The molecule has 37 heavy (non-hydrogen) atoms.